The maximum absolute atomic E-state index is 12.4. The summed E-state index contributed by atoms with van der Waals surface area (Å²) in [7, 11) is -3.70. The summed E-state index contributed by atoms with van der Waals surface area (Å²) in [6.07, 6.45) is 3.26. The largest absolute Gasteiger partial charge is 0.351 e. The number of carbonyl (C=O) groups is 1. The lowest BCUT2D eigenvalue weighted by molar-refractivity contribution is -0.123. The van der Waals surface area contributed by atoms with Crippen molar-refractivity contribution in [2.75, 3.05) is 25.1 Å². The molecule has 6 nitrogen and oxygen atoms in total. The molecular weight excluding hydrogens is 370 g/mol. The molecule has 136 valence electrons. The number of amides is 1. The Morgan fingerprint density at radius 3 is 2.67 bits per heavy atom. The van der Waals surface area contributed by atoms with Crippen LogP contribution in [0, 0.1) is 0 Å². The third-order valence-electron chi connectivity index (χ3n) is 3.68. The number of halogens is 1. The van der Waals surface area contributed by atoms with Gasteiger partial charge in [0.15, 0.2) is 0 Å². The molecule has 9 heteroatoms. The van der Waals surface area contributed by atoms with Gasteiger partial charge in [0.05, 0.1) is 4.90 Å². The summed E-state index contributed by atoms with van der Waals surface area (Å²) in [6, 6.07) is 7.43. The van der Waals surface area contributed by atoms with Gasteiger partial charge in [-0.05, 0) is 43.5 Å². The quantitative estimate of drug-likeness (QED) is 0.613. The molecule has 1 aliphatic heterocycles. The van der Waals surface area contributed by atoms with Gasteiger partial charge in [-0.15, -0.1) is 12.4 Å². The standard InChI is InChI=1S/C15H23N3O3S2.ClH/c1-22-10-8-14(15(19)17-12-7-9-16-11-12)18-23(20,21)13-5-3-2-4-6-13;/h2-6,12,14,16,18H,7-11H2,1H3,(H,17,19);1H. The molecule has 0 aliphatic carbocycles. The Kier molecular flexibility index (Phi) is 9.07. The number of rotatable bonds is 8. The lowest BCUT2D eigenvalue weighted by Crippen LogP contribution is -2.50. The second kappa shape index (κ2) is 10.2. The van der Waals surface area contributed by atoms with E-state index in [0.717, 1.165) is 19.5 Å². The Morgan fingerprint density at radius 1 is 1.38 bits per heavy atom. The highest BCUT2D eigenvalue weighted by Gasteiger charge is 2.27. The SMILES string of the molecule is CSCCC(NS(=O)(=O)c1ccccc1)C(=O)NC1CCNC1.Cl. The van der Waals surface area contributed by atoms with Crippen LogP contribution in [0.1, 0.15) is 12.8 Å². The Hall–Kier alpha value is -0.800. The molecule has 1 fully saturated rings. The molecule has 0 bridgehead atoms. The number of carbonyl (C=O) groups excluding carboxylic acids is 1. The van der Waals surface area contributed by atoms with Crippen LogP contribution in [0.5, 0.6) is 0 Å². The zero-order valence-corrected chi connectivity index (χ0v) is 16.0. The number of thioether (sulfide) groups is 1. The first-order valence-electron chi connectivity index (χ1n) is 7.60. The van der Waals surface area contributed by atoms with E-state index in [0.29, 0.717) is 12.2 Å². The molecule has 0 spiro atoms. The maximum atomic E-state index is 12.4. The summed E-state index contributed by atoms with van der Waals surface area (Å²) >= 11 is 1.58. The van der Waals surface area contributed by atoms with Crippen molar-refractivity contribution < 1.29 is 13.2 Å². The number of hydrogen-bond acceptors (Lipinski definition) is 5. The van der Waals surface area contributed by atoms with E-state index in [1.807, 2.05) is 6.26 Å². The Labute approximate surface area is 154 Å². The van der Waals surface area contributed by atoms with Crippen molar-refractivity contribution in [3.05, 3.63) is 30.3 Å². The van der Waals surface area contributed by atoms with Crippen LogP contribution in [-0.4, -0.2) is 51.5 Å². The minimum absolute atomic E-state index is 0. The molecule has 1 amide bonds. The molecule has 24 heavy (non-hydrogen) atoms. The van der Waals surface area contributed by atoms with Crippen LogP contribution in [0.15, 0.2) is 35.2 Å². The van der Waals surface area contributed by atoms with Crippen LogP contribution in [0.2, 0.25) is 0 Å². The smallest absolute Gasteiger partial charge is 0.241 e. The summed E-state index contributed by atoms with van der Waals surface area (Å²) in [5.41, 5.74) is 0. The minimum atomic E-state index is -3.70. The number of hydrogen-bond donors (Lipinski definition) is 3. The molecule has 2 rings (SSSR count). The van der Waals surface area contributed by atoms with E-state index < -0.39 is 16.1 Å². The van der Waals surface area contributed by atoms with Gasteiger partial charge < -0.3 is 10.6 Å². The van der Waals surface area contributed by atoms with E-state index in [1.165, 1.54) is 12.1 Å². The Balaban J connectivity index is 0.00000288. The van der Waals surface area contributed by atoms with Crippen molar-refractivity contribution in [2.24, 2.45) is 0 Å². The van der Waals surface area contributed by atoms with Gasteiger partial charge >= 0.3 is 0 Å². The van der Waals surface area contributed by atoms with Gasteiger partial charge in [-0.1, -0.05) is 18.2 Å². The highest BCUT2D eigenvalue weighted by atomic mass is 35.5. The van der Waals surface area contributed by atoms with Gasteiger partial charge in [0.25, 0.3) is 0 Å². The second-order valence-corrected chi connectivity index (χ2v) is 8.17. The Morgan fingerprint density at radius 2 is 2.08 bits per heavy atom. The van der Waals surface area contributed by atoms with Crippen LogP contribution in [0.25, 0.3) is 0 Å². The van der Waals surface area contributed by atoms with Gasteiger partial charge in [-0.3, -0.25) is 4.79 Å². The van der Waals surface area contributed by atoms with Crippen LogP contribution in [0.4, 0.5) is 0 Å². The molecule has 1 aromatic rings. The van der Waals surface area contributed by atoms with Crippen molar-refractivity contribution in [1.29, 1.82) is 0 Å². The minimum Gasteiger partial charge on any atom is -0.351 e. The average Bonchev–Trinajstić information content (AvgIpc) is 3.05. The van der Waals surface area contributed by atoms with Crippen molar-refractivity contribution >= 4 is 40.1 Å². The van der Waals surface area contributed by atoms with E-state index in [-0.39, 0.29) is 29.3 Å². The predicted molar refractivity (Wildman–Crippen MR) is 100 cm³/mol. The first-order chi connectivity index (χ1) is 11.0. The fraction of sp³-hybridized carbons (Fsp3) is 0.533. The van der Waals surface area contributed by atoms with Crippen molar-refractivity contribution in [3.63, 3.8) is 0 Å². The van der Waals surface area contributed by atoms with Gasteiger partial charge in [-0.2, -0.15) is 16.5 Å². The third kappa shape index (κ3) is 6.25. The molecule has 1 aromatic carbocycles. The summed E-state index contributed by atoms with van der Waals surface area (Å²) in [5.74, 6) is 0.449. The van der Waals surface area contributed by atoms with Crippen LogP contribution < -0.4 is 15.4 Å². The first kappa shape index (κ1) is 21.2. The van der Waals surface area contributed by atoms with Gasteiger partial charge in [0.2, 0.25) is 15.9 Å². The van der Waals surface area contributed by atoms with Gasteiger partial charge in [-0.25, -0.2) is 8.42 Å². The molecule has 3 N–H and O–H groups in total. The number of nitrogens with one attached hydrogen (secondary N) is 3. The third-order valence-corrected chi connectivity index (χ3v) is 5.82. The fourth-order valence-corrected chi connectivity index (χ4v) is 4.14. The van der Waals surface area contributed by atoms with Crippen LogP contribution >= 0.6 is 24.2 Å². The lowest BCUT2D eigenvalue weighted by Gasteiger charge is -2.20. The number of sulfonamides is 1. The van der Waals surface area contributed by atoms with Gasteiger partial charge in [0.1, 0.15) is 6.04 Å². The highest BCUT2D eigenvalue weighted by molar-refractivity contribution is 7.98. The van der Waals surface area contributed by atoms with E-state index in [1.54, 1.807) is 30.0 Å². The molecule has 1 aliphatic rings. The fourth-order valence-electron chi connectivity index (χ4n) is 2.41. The average molecular weight is 394 g/mol. The van der Waals surface area contributed by atoms with Crippen molar-refractivity contribution in [1.82, 2.24) is 15.4 Å². The monoisotopic (exact) mass is 393 g/mol. The van der Waals surface area contributed by atoms with E-state index in [9.17, 15) is 13.2 Å². The van der Waals surface area contributed by atoms with E-state index in [4.69, 9.17) is 0 Å². The second-order valence-electron chi connectivity index (χ2n) is 5.47. The van der Waals surface area contributed by atoms with Crippen molar-refractivity contribution in [3.8, 4) is 0 Å². The molecular formula is C15H24ClN3O3S2. The molecule has 0 aromatic heterocycles. The lowest BCUT2D eigenvalue weighted by atomic mass is 10.2. The van der Waals surface area contributed by atoms with Gasteiger partial charge in [0, 0.05) is 12.6 Å². The molecule has 0 radical (unpaired) electrons. The molecule has 1 heterocycles. The van der Waals surface area contributed by atoms with E-state index in [2.05, 4.69) is 15.4 Å². The van der Waals surface area contributed by atoms with E-state index >= 15 is 0 Å². The molecule has 2 unspecified atom stereocenters. The summed E-state index contributed by atoms with van der Waals surface area (Å²) in [6.45, 7) is 1.60. The topological polar surface area (TPSA) is 87.3 Å². The zero-order chi connectivity index (χ0) is 16.7. The normalized spacial score (nSPS) is 18.6. The first-order valence-corrected chi connectivity index (χ1v) is 10.5. The zero-order valence-electron chi connectivity index (χ0n) is 13.5. The molecule has 1 saturated heterocycles. The summed E-state index contributed by atoms with van der Waals surface area (Å²) < 4.78 is 27.4. The van der Waals surface area contributed by atoms with Crippen LogP contribution in [-0.2, 0) is 14.8 Å². The number of benzene rings is 1. The van der Waals surface area contributed by atoms with Crippen LogP contribution in [0.3, 0.4) is 0 Å². The summed E-state index contributed by atoms with van der Waals surface area (Å²) in [5, 5.41) is 6.10. The van der Waals surface area contributed by atoms with Crippen molar-refractivity contribution in [2.45, 2.75) is 29.8 Å². The Bertz CT molecular complexity index is 608. The molecule has 2 atom stereocenters. The highest BCUT2D eigenvalue weighted by Crippen LogP contribution is 2.11. The maximum Gasteiger partial charge on any atom is 0.241 e. The molecule has 0 saturated carbocycles. The predicted octanol–water partition coefficient (Wildman–Crippen LogP) is 0.986. The summed E-state index contributed by atoms with van der Waals surface area (Å²) in [4.78, 5) is 12.6.